The van der Waals surface area contributed by atoms with E-state index in [1.54, 1.807) is 35.9 Å². The van der Waals surface area contributed by atoms with Crippen LogP contribution in [-0.4, -0.2) is 23.8 Å². The fraction of sp³-hybridized carbons (Fsp3) is 0.118. The van der Waals surface area contributed by atoms with Crippen molar-refractivity contribution in [2.75, 3.05) is 12.4 Å². The fourth-order valence-electron chi connectivity index (χ4n) is 2.07. The molecular formula is C17H15N3O2S2. The van der Waals surface area contributed by atoms with Crippen molar-refractivity contribution in [1.82, 2.24) is 10.3 Å². The summed E-state index contributed by atoms with van der Waals surface area (Å²) in [7, 11) is 1.61. The summed E-state index contributed by atoms with van der Waals surface area (Å²) < 4.78 is 0. The van der Waals surface area contributed by atoms with Gasteiger partial charge >= 0.3 is 0 Å². The van der Waals surface area contributed by atoms with E-state index >= 15 is 0 Å². The Morgan fingerprint density at radius 1 is 1.12 bits per heavy atom. The Hall–Kier alpha value is -2.51. The number of hydrogen-bond acceptors (Lipinski definition) is 5. The van der Waals surface area contributed by atoms with Crippen molar-refractivity contribution in [3.05, 3.63) is 58.4 Å². The zero-order valence-corrected chi connectivity index (χ0v) is 14.5. The number of benzene rings is 1. The molecule has 3 aromatic rings. The Balaban J connectivity index is 1.65. The molecule has 0 aliphatic heterocycles. The summed E-state index contributed by atoms with van der Waals surface area (Å²) in [4.78, 5) is 29.1. The van der Waals surface area contributed by atoms with Gasteiger partial charge in [-0.05, 0) is 29.1 Å². The van der Waals surface area contributed by atoms with Crippen LogP contribution in [0.1, 0.15) is 16.1 Å². The maximum absolute atomic E-state index is 12.3. The standard InChI is InChI=1S/C17H15N3O2S2/c1-18-15(21)9-11-4-6-12(7-5-11)19-16(22)13-10-24-17(20-13)14-3-2-8-23-14/h2-8,10H,9H2,1H3,(H,18,21)(H,19,22). The summed E-state index contributed by atoms with van der Waals surface area (Å²) in [6.07, 6.45) is 0.320. The molecule has 2 heterocycles. The number of thiazole rings is 1. The molecule has 1 aromatic carbocycles. The molecule has 3 rings (SSSR count). The monoisotopic (exact) mass is 357 g/mol. The van der Waals surface area contributed by atoms with E-state index in [9.17, 15) is 9.59 Å². The van der Waals surface area contributed by atoms with Crippen molar-refractivity contribution >= 4 is 40.2 Å². The van der Waals surface area contributed by atoms with Gasteiger partial charge in [-0.15, -0.1) is 22.7 Å². The van der Waals surface area contributed by atoms with E-state index in [4.69, 9.17) is 0 Å². The van der Waals surface area contributed by atoms with Crippen molar-refractivity contribution in [2.45, 2.75) is 6.42 Å². The number of amides is 2. The highest BCUT2D eigenvalue weighted by molar-refractivity contribution is 7.20. The minimum absolute atomic E-state index is 0.0460. The number of likely N-dealkylation sites (N-methyl/N-ethyl adjacent to an activating group) is 1. The zero-order valence-electron chi connectivity index (χ0n) is 12.9. The first kappa shape index (κ1) is 16.4. The molecule has 0 aliphatic rings. The van der Waals surface area contributed by atoms with Crippen LogP contribution >= 0.6 is 22.7 Å². The number of hydrogen-bond donors (Lipinski definition) is 2. The van der Waals surface area contributed by atoms with E-state index in [0.717, 1.165) is 15.4 Å². The van der Waals surface area contributed by atoms with Crippen molar-refractivity contribution in [3.63, 3.8) is 0 Å². The van der Waals surface area contributed by atoms with Crippen molar-refractivity contribution < 1.29 is 9.59 Å². The normalized spacial score (nSPS) is 10.4. The van der Waals surface area contributed by atoms with Crippen LogP contribution in [0, 0.1) is 0 Å². The zero-order chi connectivity index (χ0) is 16.9. The van der Waals surface area contributed by atoms with E-state index in [1.807, 2.05) is 29.6 Å². The van der Waals surface area contributed by atoms with E-state index < -0.39 is 0 Å². The van der Waals surface area contributed by atoms with E-state index in [0.29, 0.717) is 17.8 Å². The molecule has 24 heavy (non-hydrogen) atoms. The molecule has 0 atom stereocenters. The number of anilines is 1. The van der Waals surface area contributed by atoms with Crippen LogP contribution in [0.5, 0.6) is 0 Å². The van der Waals surface area contributed by atoms with E-state index in [2.05, 4.69) is 15.6 Å². The van der Waals surface area contributed by atoms with Gasteiger partial charge in [0.15, 0.2) is 0 Å². The Kier molecular flexibility index (Phi) is 5.02. The lowest BCUT2D eigenvalue weighted by Crippen LogP contribution is -2.19. The van der Waals surface area contributed by atoms with Crippen LogP contribution in [0.15, 0.2) is 47.2 Å². The maximum Gasteiger partial charge on any atom is 0.275 e. The maximum atomic E-state index is 12.3. The number of aromatic nitrogens is 1. The largest absolute Gasteiger partial charge is 0.359 e. The van der Waals surface area contributed by atoms with Crippen LogP contribution < -0.4 is 10.6 Å². The van der Waals surface area contributed by atoms with Crippen LogP contribution in [0.3, 0.4) is 0 Å². The highest BCUT2D eigenvalue weighted by Crippen LogP contribution is 2.28. The Morgan fingerprint density at radius 3 is 2.58 bits per heavy atom. The molecule has 0 spiro atoms. The number of rotatable bonds is 5. The second-order valence-corrected chi connectivity index (χ2v) is 6.82. The smallest absolute Gasteiger partial charge is 0.275 e. The van der Waals surface area contributed by atoms with Gasteiger partial charge in [-0.25, -0.2) is 4.98 Å². The second kappa shape index (κ2) is 7.37. The molecule has 7 heteroatoms. The van der Waals surface area contributed by atoms with Gasteiger partial charge in [-0.1, -0.05) is 18.2 Å². The van der Waals surface area contributed by atoms with Gasteiger partial charge in [0.1, 0.15) is 10.7 Å². The van der Waals surface area contributed by atoms with Gasteiger partial charge in [0, 0.05) is 18.1 Å². The van der Waals surface area contributed by atoms with Crippen molar-refractivity contribution in [1.29, 1.82) is 0 Å². The molecule has 2 aromatic heterocycles. The van der Waals surface area contributed by atoms with Gasteiger partial charge in [0.05, 0.1) is 11.3 Å². The minimum Gasteiger partial charge on any atom is -0.359 e. The van der Waals surface area contributed by atoms with Gasteiger partial charge < -0.3 is 10.6 Å². The molecular weight excluding hydrogens is 342 g/mol. The molecule has 2 amide bonds. The highest BCUT2D eigenvalue weighted by atomic mass is 32.1. The summed E-state index contributed by atoms with van der Waals surface area (Å²) in [5, 5.41) is 9.98. The first-order valence-electron chi connectivity index (χ1n) is 7.26. The molecule has 0 radical (unpaired) electrons. The lowest BCUT2D eigenvalue weighted by atomic mass is 10.1. The summed E-state index contributed by atoms with van der Waals surface area (Å²) in [6.45, 7) is 0. The second-order valence-electron chi connectivity index (χ2n) is 5.02. The number of thiophene rings is 1. The highest BCUT2D eigenvalue weighted by Gasteiger charge is 2.12. The Labute approximate surface area is 147 Å². The Bertz CT molecular complexity index is 839. The molecule has 0 saturated carbocycles. The molecule has 5 nitrogen and oxygen atoms in total. The van der Waals surface area contributed by atoms with Crippen molar-refractivity contribution in [3.8, 4) is 9.88 Å². The molecule has 0 unspecified atom stereocenters. The molecule has 0 saturated heterocycles. The fourth-order valence-corrected chi connectivity index (χ4v) is 3.68. The molecule has 122 valence electrons. The van der Waals surface area contributed by atoms with Crippen molar-refractivity contribution in [2.24, 2.45) is 0 Å². The van der Waals surface area contributed by atoms with Gasteiger partial charge in [-0.2, -0.15) is 0 Å². The van der Waals surface area contributed by atoms with E-state index in [-0.39, 0.29) is 11.8 Å². The Morgan fingerprint density at radius 2 is 1.92 bits per heavy atom. The molecule has 2 N–H and O–H groups in total. The quantitative estimate of drug-likeness (QED) is 0.735. The van der Waals surface area contributed by atoms with Crippen LogP contribution in [-0.2, 0) is 11.2 Å². The molecule has 0 fully saturated rings. The topological polar surface area (TPSA) is 71.1 Å². The molecule has 0 bridgehead atoms. The predicted molar refractivity (Wildman–Crippen MR) is 97.6 cm³/mol. The lowest BCUT2D eigenvalue weighted by molar-refractivity contribution is -0.119. The lowest BCUT2D eigenvalue weighted by Gasteiger charge is -2.05. The average Bonchev–Trinajstić information content (AvgIpc) is 3.27. The first-order chi connectivity index (χ1) is 11.7. The average molecular weight is 357 g/mol. The van der Waals surface area contributed by atoms with Gasteiger partial charge in [0.2, 0.25) is 5.91 Å². The number of carbonyl (C=O) groups is 2. The molecule has 0 aliphatic carbocycles. The van der Waals surface area contributed by atoms with Gasteiger partial charge in [-0.3, -0.25) is 9.59 Å². The summed E-state index contributed by atoms with van der Waals surface area (Å²) >= 11 is 3.05. The third kappa shape index (κ3) is 3.87. The predicted octanol–water partition coefficient (Wildman–Crippen LogP) is 3.41. The minimum atomic E-state index is -0.242. The van der Waals surface area contributed by atoms with Crippen LogP contribution in [0.2, 0.25) is 0 Å². The SMILES string of the molecule is CNC(=O)Cc1ccc(NC(=O)c2csc(-c3cccs3)n2)cc1. The van der Waals surface area contributed by atoms with E-state index in [1.165, 1.54) is 11.3 Å². The van der Waals surface area contributed by atoms with Crippen LogP contribution in [0.4, 0.5) is 5.69 Å². The third-order valence-corrected chi connectivity index (χ3v) is 5.21. The first-order valence-corrected chi connectivity index (χ1v) is 9.02. The summed E-state index contributed by atoms with van der Waals surface area (Å²) in [6, 6.07) is 11.1. The van der Waals surface area contributed by atoms with Gasteiger partial charge in [0.25, 0.3) is 5.91 Å². The number of nitrogens with one attached hydrogen (secondary N) is 2. The third-order valence-electron chi connectivity index (χ3n) is 3.32. The number of carbonyl (C=O) groups excluding carboxylic acids is 2. The summed E-state index contributed by atoms with van der Waals surface area (Å²) in [5.74, 6) is -0.288. The van der Waals surface area contributed by atoms with Crippen LogP contribution in [0.25, 0.3) is 9.88 Å². The summed E-state index contributed by atoms with van der Waals surface area (Å²) in [5.41, 5.74) is 1.96. The number of nitrogens with zero attached hydrogens (tertiary/aromatic N) is 1.